The molecule has 1 aliphatic carbocycles. The van der Waals surface area contributed by atoms with Gasteiger partial charge in [-0.05, 0) is 44.7 Å². The van der Waals surface area contributed by atoms with Crippen LogP contribution in [0.1, 0.15) is 25.7 Å². The molecule has 1 amide bonds. The van der Waals surface area contributed by atoms with E-state index in [-0.39, 0.29) is 12.0 Å². The van der Waals surface area contributed by atoms with Crippen LogP contribution >= 0.6 is 0 Å². The molecule has 2 heterocycles. The second kappa shape index (κ2) is 6.20. The van der Waals surface area contributed by atoms with Crippen molar-refractivity contribution in [3.05, 3.63) is 0 Å². The summed E-state index contributed by atoms with van der Waals surface area (Å²) < 4.78 is 10.9. The molecule has 0 aromatic heterocycles. The Balaban J connectivity index is 1.57. The Morgan fingerprint density at radius 1 is 1.16 bits per heavy atom. The van der Waals surface area contributed by atoms with Crippen LogP contribution in [0.25, 0.3) is 0 Å². The average molecular weight is 268 g/mol. The summed E-state index contributed by atoms with van der Waals surface area (Å²) in [6, 6.07) is 0.466. The number of piperidine rings is 1. The number of ether oxygens (including phenoxy) is 2. The predicted octanol–water partition coefficient (Wildman–Crippen LogP) is 0.392. The molecule has 108 valence electrons. The minimum atomic E-state index is -0.365. The first-order valence-corrected chi connectivity index (χ1v) is 7.55. The zero-order chi connectivity index (χ0) is 13.1. The summed E-state index contributed by atoms with van der Waals surface area (Å²) in [6.07, 6.45) is 4.31. The van der Waals surface area contributed by atoms with Crippen molar-refractivity contribution in [2.45, 2.75) is 37.8 Å². The molecule has 19 heavy (non-hydrogen) atoms. The monoisotopic (exact) mass is 268 g/mol. The van der Waals surface area contributed by atoms with Crippen LogP contribution < -0.4 is 5.32 Å². The highest BCUT2D eigenvalue weighted by Crippen LogP contribution is 2.30. The van der Waals surface area contributed by atoms with E-state index in [0.29, 0.717) is 31.8 Å². The van der Waals surface area contributed by atoms with Crippen molar-refractivity contribution in [3.63, 3.8) is 0 Å². The summed E-state index contributed by atoms with van der Waals surface area (Å²) in [5.74, 6) is 0.802. The molecule has 3 rings (SSSR count). The van der Waals surface area contributed by atoms with E-state index in [1.54, 1.807) is 0 Å². The maximum atomic E-state index is 12.6. The second-order valence-corrected chi connectivity index (χ2v) is 5.85. The van der Waals surface area contributed by atoms with Gasteiger partial charge < -0.3 is 19.7 Å². The maximum absolute atomic E-state index is 12.6. The van der Waals surface area contributed by atoms with Crippen molar-refractivity contribution in [1.82, 2.24) is 10.2 Å². The summed E-state index contributed by atoms with van der Waals surface area (Å²) in [7, 11) is 0. The van der Waals surface area contributed by atoms with Crippen molar-refractivity contribution in [2.75, 3.05) is 39.5 Å². The quantitative estimate of drug-likeness (QED) is 0.801. The molecule has 5 heteroatoms. The van der Waals surface area contributed by atoms with E-state index in [0.717, 1.165) is 32.5 Å². The van der Waals surface area contributed by atoms with Gasteiger partial charge in [0.1, 0.15) is 0 Å². The zero-order valence-corrected chi connectivity index (χ0v) is 11.5. The van der Waals surface area contributed by atoms with Crippen LogP contribution in [0.4, 0.5) is 0 Å². The molecule has 1 atom stereocenters. The van der Waals surface area contributed by atoms with Crippen LogP contribution in [-0.2, 0) is 14.3 Å². The third-order valence-corrected chi connectivity index (χ3v) is 4.28. The van der Waals surface area contributed by atoms with Crippen molar-refractivity contribution in [2.24, 2.45) is 5.92 Å². The molecule has 3 aliphatic rings. The number of hydrogen-bond donors (Lipinski definition) is 1. The molecule has 5 nitrogen and oxygen atoms in total. The molecular weight excluding hydrogens is 244 g/mol. The van der Waals surface area contributed by atoms with Crippen LogP contribution in [0.3, 0.4) is 0 Å². The fourth-order valence-corrected chi connectivity index (χ4v) is 2.96. The first kappa shape index (κ1) is 13.3. The summed E-state index contributed by atoms with van der Waals surface area (Å²) in [5.41, 5.74) is 0. The number of hydrogen-bond acceptors (Lipinski definition) is 4. The molecule has 0 aromatic rings. The van der Waals surface area contributed by atoms with E-state index in [2.05, 4.69) is 10.2 Å². The zero-order valence-electron chi connectivity index (χ0n) is 11.5. The summed E-state index contributed by atoms with van der Waals surface area (Å²) in [5, 5.41) is 3.38. The van der Waals surface area contributed by atoms with Crippen LogP contribution in [0.2, 0.25) is 0 Å². The number of nitrogens with one attached hydrogen (secondary N) is 1. The minimum absolute atomic E-state index is 0.153. The lowest BCUT2D eigenvalue weighted by Crippen LogP contribution is -2.48. The largest absolute Gasteiger partial charge is 0.376 e. The molecule has 0 radical (unpaired) electrons. The Kier molecular flexibility index (Phi) is 4.35. The Morgan fingerprint density at radius 3 is 2.58 bits per heavy atom. The second-order valence-electron chi connectivity index (χ2n) is 5.85. The smallest absolute Gasteiger partial charge is 0.254 e. The highest BCUT2D eigenvalue weighted by Gasteiger charge is 2.38. The Bertz CT molecular complexity index is 308. The highest BCUT2D eigenvalue weighted by atomic mass is 16.6. The van der Waals surface area contributed by atoms with Gasteiger partial charge in [0.25, 0.3) is 5.91 Å². The molecule has 0 spiro atoms. The normalized spacial score (nSPS) is 29.2. The number of nitrogens with zero attached hydrogens (tertiary/aromatic N) is 1. The molecule has 1 unspecified atom stereocenters. The molecule has 3 fully saturated rings. The highest BCUT2D eigenvalue weighted by molar-refractivity contribution is 5.81. The number of carbonyl (C=O) groups is 1. The van der Waals surface area contributed by atoms with E-state index >= 15 is 0 Å². The van der Waals surface area contributed by atoms with Crippen LogP contribution in [-0.4, -0.2) is 62.4 Å². The number of rotatable bonds is 4. The van der Waals surface area contributed by atoms with E-state index in [4.69, 9.17) is 9.47 Å². The predicted molar refractivity (Wildman–Crippen MR) is 70.9 cm³/mol. The van der Waals surface area contributed by atoms with Gasteiger partial charge in [-0.2, -0.15) is 0 Å². The van der Waals surface area contributed by atoms with Gasteiger partial charge in [0.05, 0.1) is 19.8 Å². The summed E-state index contributed by atoms with van der Waals surface area (Å²) in [6.45, 7) is 4.66. The van der Waals surface area contributed by atoms with Crippen molar-refractivity contribution < 1.29 is 14.3 Å². The van der Waals surface area contributed by atoms with E-state index in [9.17, 15) is 4.79 Å². The lowest BCUT2D eigenvalue weighted by Gasteiger charge is -2.33. The maximum Gasteiger partial charge on any atom is 0.254 e. The third kappa shape index (κ3) is 3.46. The lowest BCUT2D eigenvalue weighted by atomic mass is 9.97. The van der Waals surface area contributed by atoms with Crippen LogP contribution in [0.15, 0.2) is 0 Å². The number of amides is 1. The first-order chi connectivity index (χ1) is 9.34. The molecular formula is C14H24N2O3. The van der Waals surface area contributed by atoms with Crippen LogP contribution in [0, 0.1) is 5.92 Å². The third-order valence-electron chi connectivity index (χ3n) is 4.28. The average Bonchev–Trinajstić information content (AvgIpc) is 3.31. The van der Waals surface area contributed by atoms with Gasteiger partial charge in [-0.15, -0.1) is 0 Å². The standard InChI is InChI=1S/C14H24N2O3/c17-14(13-10-18-7-8-19-13)16(12-1-2-12)9-11-3-5-15-6-4-11/h11-13,15H,1-10H2. The minimum Gasteiger partial charge on any atom is -0.376 e. The first-order valence-electron chi connectivity index (χ1n) is 7.55. The molecule has 1 saturated carbocycles. The molecule has 2 aliphatic heterocycles. The Hall–Kier alpha value is -0.650. The van der Waals surface area contributed by atoms with Crippen molar-refractivity contribution in [3.8, 4) is 0 Å². The van der Waals surface area contributed by atoms with E-state index < -0.39 is 0 Å². The van der Waals surface area contributed by atoms with E-state index in [1.165, 1.54) is 12.8 Å². The summed E-state index contributed by atoms with van der Waals surface area (Å²) in [4.78, 5) is 14.6. The van der Waals surface area contributed by atoms with Crippen molar-refractivity contribution >= 4 is 5.91 Å². The van der Waals surface area contributed by atoms with Crippen molar-refractivity contribution in [1.29, 1.82) is 0 Å². The van der Waals surface area contributed by atoms with Gasteiger partial charge in [0, 0.05) is 12.6 Å². The fraction of sp³-hybridized carbons (Fsp3) is 0.929. The van der Waals surface area contributed by atoms with Gasteiger partial charge >= 0.3 is 0 Å². The number of carbonyl (C=O) groups excluding carboxylic acids is 1. The Labute approximate surface area is 114 Å². The molecule has 0 bridgehead atoms. The lowest BCUT2D eigenvalue weighted by molar-refractivity contribution is -0.159. The van der Waals surface area contributed by atoms with Gasteiger partial charge in [-0.3, -0.25) is 4.79 Å². The van der Waals surface area contributed by atoms with Gasteiger partial charge in [0.15, 0.2) is 6.10 Å². The molecule has 2 saturated heterocycles. The van der Waals surface area contributed by atoms with Gasteiger partial charge in [-0.25, -0.2) is 0 Å². The molecule has 0 aromatic carbocycles. The molecule has 1 N–H and O–H groups in total. The topological polar surface area (TPSA) is 50.8 Å². The Morgan fingerprint density at radius 2 is 1.95 bits per heavy atom. The van der Waals surface area contributed by atoms with Gasteiger partial charge in [0.2, 0.25) is 0 Å². The fourth-order valence-electron chi connectivity index (χ4n) is 2.96. The SMILES string of the molecule is O=C(C1COCCO1)N(CC1CCNCC1)C1CC1. The van der Waals surface area contributed by atoms with Crippen LogP contribution in [0.5, 0.6) is 0 Å². The summed E-state index contributed by atoms with van der Waals surface area (Å²) >= 11 is 0. The van der Waals surface area contributed by atoms with Gasteiger partial charge in [-0.1, -0.05) is 0 Å². The van der Waals surface area contributed by atoms with E-state index in [1.807, 2.05) is 0 Å².